The van der Waals surface area contributed by atoms with Crippen LogP contribution in [0, 0.1) is 23.7 Å². The summed E-state index contributed by atoms with van der Waals surface area (Å²) in [6.07, 6.45) is 3.79. The van der Waals surface area contributed by atoms with Crippen LogP contribution in [0.25, 0.3) is 0 Å². The van der Waals surface area contributed by atoms with Crippen LogP contribution in [0.3, 0.4) is 0 Å². The number of methoxy groups -OCH3 is 2. The SMILES string of the molecule is CC[C@H](C)C([C@@H](CC(=O)N1CCC[C@H]1[C@H](OC)[C@@H](C)C(=O)N[C@@H](Cc1ccccc1)c1nccs1)OC)N(C)C(=O)[C@@H](NC(=O)[C@H](C(C)C)N(C)CCOCCOCCOCCOCCC(=O)NCCSSC(C)(C)CC(=O)NCCOCCON)C(C)C. The summed E-state index contributed by atoms with van der Waals surface area (Å²) in [5.41, 5.74) is 1.08. The summed E-state index contributed by atoms with van der Waals surface area (Å²) in [6, 6.07) is 7.38. The van der Waals surface area contributed by atoms with Crippen molar-refractivity contribution in [3.05, 3.63) is 52.5 Å². The number of nitrogens with one attached hydrogen (secondary N) is 4. The fourth-order valence-electron chi connectivity index (χ4n) is 10.8. The number of carbonyl (C=O) groups is 6. The number of hydrogen-bond donors (Lipinski definition) is 5. The molecule has 1 aromatic heterocycles. The van der Waals surface area contributed by atoms with Gasteiger partial charge < -0.3 is 69.1 Å². The molecule has 0 bridgehead atoms. The first-order valence-corrected chi connectivity index (χ1v) is 34.7. The number of rotatable bonds is 49. The molecule has 1 unspecified atom stereocenters. The Labute approximate surface area is 542 Å². The summed E-state index contributed by atoms with van der Waals surface area (Å²) in [6.45, 7) is 23.5. The predicted octanol–water partition coefficient (Wildman–Crippen LogP) is 5.71. The minimum atomic E-state index is -0.854. The van der Waals surface area contributed by atoms with Crippen molar-refractivity contribution in [1.29, 1.82) is 0 Å². The number of ether oxygens (including phenoxy) is 7. The molecule has 0 saturated carbocycles. The number of benzene rings is 1. The number of carbonyl (C=O) groups excluding carboxylic acids is 6. The van der Waals surface area contributed by atoms with Crippen LogP contribution < -0.4 is 27.2 Å². The Morgan fingerprint density at radius 3 is 2.01 bits per heavy atom. The Morgan fingerprint density at radius 2 is 1.42 bits per heavy atom. The Bertz CT molecular complexity index is 2300. The van der Waals surface area contributed by atoms with E-state index in [1.165, 1.54) is 11.3 Å². The number of nitrogens with zero attached hydrogens (tertiary/aromatic N) is 4. The number of nitrogens with two attached hydrogens (primary N) is 1. The van der Waals surface area contributed by atoms with E-state index in [9.17, 15) is 28.8 Å². The Balaban J connectivity index is 1.39. The van der Waals surface area contributed by atoms with E-state index in [-0.39, 0.29) is 89.5 Å². The van der Waals surface area contributed by atoms with Crippen LogP contribution in [0.15, 0.2) is 41.9 Å². The molecule has 89 heavy (non-hydrogen) atoms. The molecule has 2 heterocycles. The number of likely N-dealkylation sites (N-methyl/N-ethyl adjacent to an activating group) is 2. The molecule has 0 aliphatic carbocycles. The van der Waals surface area contributed by atoms with Crippen molar-refractivity contribution >= 4 is 68.4 Å². The number of likely N-dealkylation sites (tertiary alicyclic amines) is 1. The summed E-state index contributed by atoms with van der Waals surface area (Å²) in [4.78, 5) is 96.6. The summed E-state index contributed by atoms with van der Waals surface area (Å²) >= 11 is 1.49. The number of aromatic nitrogens is 1. The summed E-state index contributed by atoms with van der Waals surface area (Å²) < 4.78 is 40.0. The largest absolute Gasteiger partial charge is 0.379 e. The molecule has 508 valence electrons. The van der Waals surface area contributed by atoms with E-state index in [0.29, 0.717) is 124 Å². The van der Waals surface area contributed by atoms with Crippen molar-refractivity contribution in [2.75, 3.05) is 133 Å². The van der Waals surface area contributed by atoms with E-state index in [4.69, 9.17) is 39.1 Å². The first-order chi connectivity index (χ1) is 42.6. The summed E-state index contributed by atoms with van der Waals surface area (Å²) in [5, 5.41) is 14.8. The van der Waals surface area contributed by atoms with Gasteiger partial charge in [-0.3, -0.25) is 33.7 Å². The second-order valence-corrected chi connectivity index (χ2v) is 27.9. The molecule has 1 aliphatic heterocycles. The molecule has 0 spiro atoms. The maximum Gasteiger partial charge on any atom is 0.245 e. The van der Waals surface area contributed by atoms with Gasteiger partial charge in [-0.2, -0.15) is 0 Å². The van der Waals surface area contributed by atoms with Crippen molar-refractivity contribution < 1.29 is 66.8 Å². The lowest BCUT2D eigenvalue weighted by Crippen LogP contribution is -2.60. The molecule has 1 aromatic carbocycles. The molecule has 3 rings (SSSR count). The molecule has 1 saturated heterocycles. The van der Waals surface area contributed by atoms with Gasteiger partial charge in [-0.1, -0.05) is 107 Å². The molecule has 2 aromatic rings. The van der Waals surface area contributed by atoms with Crippen LogP contribution >= 0.6 is 32.9 Å². The van der Waals surface area contributed by atoms with Crippen molar-refractivity contribution in [3.63, 3.8) is 0 Å². The summed E-state index contributed by atoms with van der Waals surface area (Å²) in [5.74, 6) is 3.65. The maximum atomic E-state index is 14.7. The van der Waals surface area contributed by atoms with E-state index >= 15 is 0 Å². The van der Waals surface area contributed by atoms with E-state index < -0.39 is 36.3 Å². The van der Waals surface area contributed by atoms with Crippen LogP contribution in [0.2, 0.25) is 0 Å². The zero-order valence-corrected chi connectivity index (χ0v) is 57.9. The standard InChI is InChI=1S/C63H109N9O14S3/c1-14-46(6)57(51(79-12)42-54(75)72-26-18-21-50(72)58(80-13)47(7)59(76)68-49(61-67-24-39-87-61)41-48-19-16-15-17-20-48)71(11)62(78)55(44(2)3)69-60(77)56(45(4)5)70(10)27-30-83-32-34-85-36-35-84-33-31-81-28-22-52(73)66-25-40-88-89-63(8,9)43-53(74)65-23-29-82-37-38-86-64/h15-17,19-20,24,39,44-47,49-51,55-58H,14,18,21-23,25-38,40-43,64H2,1-13H3,(H,65,74)(H,66,73)(H,68,76)(H,69,77)/t46-,47+,49-,50-,51+,55-,56-,57?,58+/m0/s1. The molecule has 0 radical (unpaired) electrons. The average Bonchev–Trinajstić information content (AvgIpc) is 3.29. The normalized spacial score (nSPS) is 16.4. The molecular weight excluding hydrogens is 1200 g/mol. The van der Waals surface area contributed by atoms with Crippen molar-refractivity contribution in [3.8, 4) is 0 Å². The zero-order chi connectivity index (χ0) is 65.7. The average molecular weight is 1310 g/mol. The minimum absolute atomic E-state index is 0.00366. The predicted molar refractivity (Wildman–Crippen MR) is 351 cm³/mol. The van der Waals surface area contributed by atoms with E-state index in [2.05, 4.69) is 31.1 Å². The third kappa shape index (κ3) is 29.6. The van der Waals surface area contributed by atoms with Gasteiger partial charge >= 0.3 is 0 Å². The fourth-order valence-corrected chi connectivity index (χ4v) is 13.9. The first kappa shape index (κ1) is 79.2. The number of thiazole rings is 1. The van der Waals surface area contributed by atoms with Gasteiger partial charge in [-0.05, 0) is 63.5 Å². The second kappa shape index (κ2) is 44.5. The van der Waals surface area contributed by atoms with Crippen molar-refractivity contribution in [2.45, 2.75) is 154 Å². The van der Waals surface area contributed by atoms with Gasteiger partial charge in [0.15, 0.2) is 0 Å². The maximum absolute atomic E-state index is 14.7. The van der Waals surface area contributed by atoms with E-state index in [0.717, 1.165) is 17.0 Å². The molecule has 6 amide bonds. The highest BCUT2D eigenvalue weighted by Gasteiger charge is 2.44. The van der Waals surface area contributed by atoms with Crippen LogP contribution in [0.5, 0.6) is 0 Å². The van der Waals surface area contributed by atoms with Crippen molar-refractivity contribution in [1.82, 2.24) is 41.0 Å². The van der Waals surface area contributed by atoms with Crippen molar-refractivity contribution in [2.24, 2.45) is 29.6 Å². The third-order valence-corrected chi connectivity index (χ3v) is 19.9. The van der Waals surface area contributed by atoms with Gasteiger partial charge in [-0.15, -0.1) is 11.3 Å². The van der Waals surface area contributed by atoms with Gasteiger partial charge in [0, 0.05) is 82.4 Å². The fraction of sp³-hybridized carbons (Fsp3) is 0.762. The van der Waals surface area contributed by atoms with Gasteiger partial charge in [0.25, 0.3) is 0 Å². The lowest BCUT2D eigenvalue weighted by Gasteiger charge is -2.41. The van der Waals surface area contributed by atoms with E-state index in [1.54, 1.807) is 54.0 Å². The van der Waals surface area contributed by atoms with Gasteiger partial charge in [-0.25, -0.2) is 10.9 Å². The highest BCUT2D eigenvalue weighted by Crippen LogP contribution is 2.38. The quantitative estimate of drug-likeness (QED) is 0.0302. The molecule has 26 heteroatoms. The summed E-state index contributed by atoms with van der Waals surface area (Å²) in [7, 11) is 9.99. The van der Waals surface area contributed by atoms with Gasteiger partial charge in [0.1, 0.15) is 11.0 Å². The molecule has 23 nitrogen and oxygen atoms in total. The van der Waals surface area contributed by atoms with E-state index in [1.807, 2.05) is 115 Å². The third-order valence-electron chi connectivity index (χ3n) is 15.7. The van der Waals surface area contributed by atoms with Crippen LogP contribution in [0.1, 0.15) is 117 Å². The minimum Gasteiger partial charge on any atom is -0.379 e. The first-order valence-electron chi connectivity index (χ1n) is 31.5. The topological polar surface area (TPSA) is 273 Å². The number of hydrogen-bond acceptors (Lipinski definition) is 20. The number of amides is 6. The second-order valence-electron chi connectivity index (χ2n) is 23.8. The van der Waals surface area contributed by atoms with Crippen LogP contribution in [0.4, 0.5) is 0 Å². The lowest BCUT2D eigenvalue weighted by atomic mass is 9.89. The molecule has 6 N–H and O–H groups in total. The lowest BCUT2D eigenvalue weighted by molar-refractivity contribution is -0.148. The molecule has 1 fully saturated rings. The Kier molecular flexibility index (Phi) is 39.6. The van der Waals surface area contributed by atoms with Gasteiger partial charge in [0.2, 0.25) is 35.4 Å². The smallest absolute Gasteiger partial charge is 0.245 e. The molecular formula is C63H109N9O14S3. The zero-order valence-electron chi connectivity index (χ0n) is 55.5. The van der Waals surface area contributed by atoms with Crippen LogP contribution in [-0.2, 0) is 73.2 Å². The Morgan fingerprint density at radius 1 is 0.787 bits per heavy atom. The highest BCUT2D eigenvalue weighted by molar-refractivity contribution is 8.77. The monoisotopic (exact) mass is 1310 g/mol. The van der Waals surface area contributed by atoms with Gasteiger partial charge in [0.05, 0.1) is 121 Å². The molecule has 1 aliphatic rings. The molecule has 9 atom stereocenters. The van der Waals surface area contributed by atoms with Crippen LogP contribution in [-0.4, -0.2) is 229 Å². The Hall–Kier alpha value is -4.03. The highest BCUT2D eigenvalue weighted by atomic mass is 33.1.